The smallest absolute Gasteiger partial charge is 0.328 e. The minimum atomic E-state index is -1.06. The Hall–Kier alpha value is -2.38. The van der Waals surface area contributed by atoms with Gasteiger partial charge in [0.1, 0.15) is 16.9 Å². The van der Waals surface area contributed by atoms with Crippen molar-refractivity contribution in [1.82, 2.24) is 4.90 Å². The van der Waals surface area contributed by atoms with Crippen LogP contribution in [0, 0.1) is 5.92 Å². The van der Waals surface area contributed by atoms with Crippen LogP contribution in [0.5, 0.6) is 0 Å². The number of aliphatic carboxylic acids is 1. The third kappa shape index (κ3) is 4.14. The lowest BCUT2D eigenvalue weighted by Gasteiger charge is -2.40. The maximum atomic E-state index is 12.5. The molecule has 1 aromatic heterocycles. The zero-order chi connectivity index (χ0) is 19.8. The fourth-order valence-electron chi connectivity index (χ4n) is 3.54. The van der Waals surface area contributed by atoms with Gasteiger partial charge in [0.2, 0.25) is 0 Å². The number of carboxylic acids is 1. The van der Waals surface area contributed by atoms with Gasteiger partial charge in [-0.2, -0.15) is 0 Å². The second-order valence-corrected chi connectivity index (χ2v) is 7.94. The third-order valence-corrected chi connectivity index (χ3v) is 4.72. The maximum absolute atomic E-state index is 12.5. The number of likely N-dealkylation sites (tertiary alicyclic amines) is 1. The average Bonchev–Trinajstić information content (AvgIpc) is 2.98. The summed E-state index contributed by atoms with van der Waals surface area (Å²) in [6, 6.07) is 8.01. The molecule has 0 amide bonds. The summed E-state index contributed by atoms with van der Waals surface area (Å²) in [6.07, 6.45) is 0.462. The van der Waals surface area contributed by atoms with E-state index in [1.165, 1.54) is 0 Å². The van der Waals surface area contributed by atoms with Crippen molar-refractivity contribution < 1.29 is 23.8 Å². The van der Waals surface area contributed by atoms with E-state index >= 15 is 0 Å². The molecule has 1 aliphatic heterocycles. The Labute approximate surface area is 158 Å². The summed E-state index contributed by atoms with van der Waals surface area (Å²) in [6.45, 7) is 5.86. The first kappa shape index (κ1) is 19.4. The Kier molecular flexibility index (Phi) is 5.26. The molecule has 1 saturated heterocycles. The molecule has 0 spiro atoms. The second-order valence-electron chi connectivity index (χ2n) is 7.94. The molecule has 1 aliphatic rings. The maximum Gasteiger partial charge on any atom is 0.328 e. The Morgan fingerprint density at radius 1 is 1.33 bits per heavy atom. The van der Waals surface area contributed by atoms with Crippen LogP contribution in [0.15, 0.2) is 34.7 Å². The molecule has 27 heavy (non-hydrogen) atoms. The topological polar surface area (TPSA) is 106 Å². The van der Waals surface area contributed by atoms with Gasteiger partial charge >= 0.3 is 11.9 Å². The number of nitrogens with zero attached hydrogens (tertiary/aromatic N) is 1. The average molecular weight is 374 g/mol. The van der Waals surface area contributed by atoms with Gasteiger partial charge in [-0.15, -0.1) is 0 Å². The lowest BCUT2D eigenvalue weighted by Crippen LogP contribution is -2.56. The van der Waals surface area contributed by atoms with Crippen molar-refractivity contribution >= 4 is 22.9 Å². The number of para-hydroxylation sites is 1. The minimum absolute atomic E-state index is 0.309. The quantitative estimate of drug-likeness (QED) is 0.793. The van der Waals surface area contributed by atoms with Crippen LogP contribution in [0.4, 0.5) is 0 Å². The summed E-state index contributed by atoms with van der Waals surface area (Å²) in [5.41, 5.74) is 6.33. The lowest BCUT2D eigenvalue weighted by atomic mass is 9.92. The molecule has 1 aromatic carbocycles. The zero-order valence-electron chi connectivity index (χ0n) is 15.8. The summed E-state index contributed by atoms with van der Waals surface area (Å²) < 4.78 is 11.2. The molecule has 0 bridgehead atoms. The van der Waals surface area contributed by atoms with Crippen molar-refractivity contribution in [2.45, 2.75) is 51.4 Å². The van der Waals surface area contributed by atoms with E-state index in [4.69, 9.17) is 14.9 Å². The van der Waals surface area contributed by atoms with Crippen LogP contribution in [0.3, 0.4) is 0 Å². The second kappa shape index (κ2) is 7.32. The van der Waals surface area contributed by atoms with Crippen molar-refractivity contribution in [2.24, 2.45) is 11.7 Å². The van der Waals surface area contributed by atoms with Crippen LogP contribution in [0.2, 0.25) is 0 Å². The van der Waals surface area contributed by atoms with Crippen molar-refractivity contribution in [1.29, 1.82) is 0 Å². The van der Waals surface area contributed by atoms with Gasteiger partial charge in [0.25, 0.3) is 0 Å². The number of rotatable bonds is 4. The number of piperidine rings is 1. The molecule has 146 valence electrons. The number of esters is 1. The molecule has 3 rings (SSSR count). The van der Waals surface area contributed by atoms with Crippen molar-refractivity contribution in [2.75, 3.05) is 6.54 Å². The number of hydrogen-bond donors (Lipinski definition) is 2. The molecular formula is C20H26N2O5. The van der Waals surface area contributed by atoms with Gasteiger partial charge in [0.05, 0.1) is 12.1 Å². The number of fused-ring (bicyclic) bond motifs is 1. The molecular weight excluding hydrogens is 348 g/mol. The standard InChI is InChI=1S/C20H26N2O5/c1-20(2,3)27-19(25)13-8-6-10-22(17(13)21)16(18(23)24)15-11-12-7-4-5-9-14(12)26-15/h4-5,7,9,11,13,16-17H,6,8,10,21H2,1-3H3,(H,23,24). The highest BCUT2D eigenvalue weighted by molar-refractivity contribution is 5.81. The first-order valence-corrected chi connectivity index (χ1v) is 9.13. The van der Waals surface area contributed by atoms with Gasteiger partial charge in [0.15, 0.2) is 6.04 Å². The fourth-order valence-corrected chi connectivity index (χ4v) is 3.54. The molecule has 0 radical (unpaired) electrons. The normalized spacial score (nSPS) is 22.5. The van der Waals surface area contributed by atoms with E-state index in [-0.39, 0.29) is 0 Å². The van der Waals surface area contributed by atoms with Gasteiger partial charge in [-0.3, -0.25) is 14.5 Å². The molecule has 2 heterocycles. The Balaban J connectivity index is 1.88. The predicted octanol–water partition coefficient (Wildman–Crippen LogP) is 2.90. The van der Waals surface area contributed by atoms with Crippen LogP contribution >= 0.6 is 0 Å². The van der Waals surface area contributed by atoms with E-state index in [0.29, 0.717) is 30.7 Å². The van der Waals surface area contributed by atoms with Gasteiger partial charge in [-0.05, 0) is 45.7 Å². The minimum Gasteiger partial charge on any atom is -0.480 e. The van der Waals surface area contributed by atoms with E-state index in [1.54, 1.807) is 37.8 Å². The molecule has 7 nitrogen and oxygen atoms in total. The fraction of sp³-hybridized carbons (Fsp3) is 0.500. The van der Waals surface area contributed by atoms with Gasteiger partial charge in [-0.25, -0.2) is 0 Å². The Morgan fingerprint density at radius 2 is 2.04 bits per heavy atom. The van der Waals surface area contributed by atoms with Crippen molar-refractivity contribution in [3.05, 3.63) is 36.1 Å². The number of carboxylic acid groups (broad SMARTS) is 1. The van der Waals surface area contributed by atoms with Crippen LogP contribution in [-0.2, 0) is 14.3 Å². The number of hydrogen-bond acceptors (Lipinski definition) is 6. The predicted molar refractivity (Wildman–Crippen MR) is 99.8 cm³/mol. The largest absolute Gasteiger partial charge is 0.480 e. The van der Waals surface area contributed by atoms with Crippen LogP contribution in [0.1, 0.15) is 45.4 Å². The Bertz CT molecular complexity index is 805. The van der Waals surface area contributed by atoms with E-state index in [1.807, 2.05) is 18.2 Å². The van der Waals surface area contributed by atoms with Crippen molar-refractivity contribution in [3.63, 3.8) is 0 Å². The summed E-state index contributed by atoms with van der Waals surface area (Å²) >= 11 is 0. The third-order valence-electron chi connectivity index (χ3n) is 4.72. The molecule has 7 heteroatoms. The summed E-state index contributed by atoms with van der Waals surface area (Å²) in [7, 11) is 0. The lowest BCUT2D eigenvalue weighted by molar-refractivity contribution is -0.167. The molecule has 3 unspecified atom stereocenters. The molecule has 0 saturated carbocycles. The summed E-state index contributed by atoms with van der Waals surface area (Å²) in [4.78, 5) is 26.2. The SMILES string of the molecule is CC(C)(C)OC(=O)C1CCCN(C(C(=O)O)c2cc3ccccc3o2)C1N. The highest BCUT2D eigenvalue weighted by atomic mass is 16.6. The zero-order valence-corrected chi connectivity index (χ0v) is 15.8. The molecule has 2 aromatic rings. The molecule has 3 atom stereocenters. The summed E-state index contributed by atoms with van der Waals surface area (Å²) in [5.74, 6) is -1.73. The summed E-state index contributed by atoms with van der Waals surface area (Å²) in [5, 5.41) is 10.7. The number of carbonyl (C=O) groups excluding carboxylic acids is 1. The van der Waals surface area contributed by atoms with Gasteiger partial charge < -0.3 is 20.0 Å². The van der Waals surface area contributed by atoms with Gasteiger partial charge in [0, 0.05) is 11.9 Å². The van der Waals surface area contributed by atoms with Crippen LogP contribution in [-0.4, -0.2) is 40.3 Å². The van der Waals surface area contributed by atoms with Crippen molar-refractivity contribution in [3.8, 4) is 0 Å². The number of carbonyl (C=O) groups is 2. The van der Waals surface area contributed by atoms with Crippen LogP contribution < -0.4 is 5.73 Å². The first-order valence-electron chi connectivity index (χ1n) is 9.13. The van der Waals surface area contributed by atoms with E-state index in [9.17, 15) is 14.7 Å². The highest BCUT2D eigenvalue weighted by Gasteiger charge is 2.42. The number of benzene rings is 1. The van der Waals surface area contributed by atoms with E-state index in [2.05, 4.69) is 0 Å². The number of ether oxygens (including phenoxy) is 1. The first-order chi connectivity index (χ1) is 12.7. The number of nitrogens with two attached hydrogens (primary N) is 1. The number of furan rings is 1. The monoisotopic (exact) mass is 374 g/mol. The van der Waals surface area contributed by atoms with Crippen LogP contribution in [0.25, 0.3) is 11.0 Å². The molecule has 3 N–H and O–H groups in total. The van der Waals surface area contributed by atoms with Gasteiger partial charge in [-0.1, -0.05) is 18.2 Å². The molecule has 0 aliphatic carbocycles. The van der Waals surface area contributed by atoms with E-state index in [0.717, 1.165) is 5.39 Å². The molecule has 1 fully saturated rings. The van der Waals surface area contributed by atoms with E-state index < -0.39 is 35.7 Å². The highest BCUT2D eigenvalue weighted by Crippen LogP contribution is 2.34. The Morgan fingerprint density at radius 3 is 2.67 bits per heavy atom.